The Bertz CT molecular complexity index is 770. The molecule has 8 heteroatoms. The van der Waals surface area contributed by atoms with Gasteiger partial charge in [0.1, 0.15) is 17.1 Å². The van der Waals surface area contributed by atoms with E-state index < -0.39 is 10.5 Å². The molecular formula is C13H12BrN5O2. The van der Waals surface area contributed by atoms with E-state index in [0.717, 1.165) is 15.7 Å². The fraction of sp³-hybridized carbons (Fsp3) is 0.231. The molecule has 108 valence electrons. The minimum atomic E-state index is -0.686. The predicted octanol–water partition coefficient (Wildman–Crippen LogP) is 2.19. The fourth-order valence-electron chi connectivity index (χ4n) is 2.49. The number of rotatable bonds is 2. The van der Waals surface area contributed by atoms with Gasteiger partial charge in [0.05, 0.1) is 22.1 Å². The van der Waals surface area contributed by atoms with Crippen LogP contribution in [0, 0.1) is 10.1 Å². The smallest absolute Gasteiger partial charge is 0.269 e. The van der Waals surface area contributed by atoms with Crippen LogP contribution in [0.1, 0.15) is 18.2 Å². The first-order chi connectivity index (χ1) is 9.90. The van der Waals surface area contributed by atoms with Crippen LogP contribution in [0.25, 0.3) is 0 Å². The molecule has 2 heterocycles. The van der Waals surface area contributed by atoms with Crippen LogP contribution in [0.3, 0.4) is 0 Å². The molecule has 1 unspecified atom stereocenters. The van der Waals surface area contributed by atoms with Crippen LogP contribution in [-0.2, 0) is 12.1 Å². The van der Waals surface area contributed by atoms with Crippen LogP contribution in [0.2, 0.25) is 0 Å². The van der Waals surface area contributed by atoms with Gasteiger partial charge in [-0.3, -0.25) is 19.8 Å². The first-order valence-corrected chi connectivity index (χ1v) is 7.02. The van der Waals surface area contributed by atoms with E-state index in [-0.39, 0.29) is 5.69 Å². The van der Waals surface area contributed by atoms with Crippen molar-refractivity contribution in [1.82, 2.24) is 9.78 Å². The number of aromatic nitrogens is 2. The number of aliphatic imine (C=N–C) groups is 1. The lowest BCUT2D eigenvalue weighted by atomic mass is 9.91. The van der Waals surface area contributed by atoms with E-state index in [1.54, 1.807) is 16.9 Å². The number of hydrogen-bond donors (Lipinski definition) is 1. The number of nitrogens with zero attached hydrogens (tertiary/aromatic N) is 4. The summed E-state index contributed by atoms with van der Waals surface area (Å²) in [5.41, 5.74) is 6.85. The van der Waals surface area contributed by atoms with Crippen LogP contribution < -0.4 is 5.73 Å². The first kappa shape index (κ1) is 13.7. The molecule has 0 amide bonds. The molecule has 3 rings (SSSR count). The van der Waals surface area contributed by atoms with Crippen molar-refractivity contribution in [2.75, 3.05) is 0 Å². The Morgan fingerprint density at radius 2 is 2.29 bits per heavy atom. The van der Waals surface area contributed by atoms with Crippen LogP contribution in [0.15, 0.2) is 39.9 Å². The van der Waals surface area contributed by atoms with Crippen molar-refractivity contribution in [2.24, 2.45) is 10.7 Å². The molecule has 1 aromatic heterocycles. The third-order valence-electron chi connectivity index (χ3n) is 3.54. The van der Waals surface area contributed by atoms with E-state index in [4.69, 9.17) is 5.73 Å². The van der Waals surface area contributed by atoms with Crippen molar-refractivity contribution in [3.05, 3.63) is 56.3 Å². The van der Waals surface area contributed by atoms with E-state index in [0.29, 0.717) is 12.4 Å². The van der Waals surface area contributed by atoms with Gasteiger partial charge in [0, 0.05) is 12.1 Å². The number of nitro benzene ring substituents is 1. The van der Waals surface area contributed by atoms with E-state index >= 15 is 0 Å². The average Bonchev–Trinajstić information content (AvgIpc) is 2.80. The topological polar surface area (TPSA) is 99.3 Å². The van der Waals surface area contributed by atoms with Crippen molar-refractivity contribution in [1.29, 1.82) is 0 Å². The quantitative estimate of drug-likeness (QED) is 0.663. The van der Waals surface area contributed by atoms with Gasteiger partial charge in [0.2, 0.25) is 0 Å². The summed E-state index contributed by atoms with van der Waals surface area (Å²) in [5, 5.41) is 15.2. The van der Waals surface area contributed by atoms with Crippen LogP contribution in [0.4, 0.5) is 5.69 Å². The maximum absolute atomic E-state index is 10.9. The van der Waals surface area contributed by atoms with E-state index in [1.807, 2.05) is 13.0 Å². The highest BCUT2D eigenvalue weighted by atomic mass is 79.9. The SMILES string of the molecule is CC1(c2cccc([N+](=O)[O-])c2)Cn2ncc(Br)c2C(N)=N1. The normalized spacial score (nSPS) is 20.8. The lowest BCUT2D eigenvalue weighted by Gasteiger charge is -2.30. The van der Waals surface area contributed by atoms with Gasteiger partial charge in [0.15, 0.2) is 0 Å². The fourth-order valence-corrected chi connectivity index (χ4v) is 2.99. The summed E-state index contributed by atoms with van der Waals surface area (Å²) < 4.78 is 2.54. The lowest BCUT2D eigenvalue weighted by molar-refractivity contribution is -0.385. The maximum atomic E-state index is 10.9. The summed E-state index contributed by atoms with van der Waals surface area (Å²) in [7, 11) is 0. The number of halogens is 1. The molecule has 1 aliphatic heterocycles. The molecule has 0 radical (unpaired) electrons. The highest BCUT2D eigenvalue weighted by molar-refractivity contribution is 9.10. The monoisotopic (exact) mass is 349 g/mol. The van der Waals surface area contributed by atoms with Gasteiger partial charge in [-0.2, -0.15) is 5.10 Å². The molecule has 21 heavy (non-hydrogen) atoms. The van der Waals surface area contributed by atoms with E-state index in [2.05, 4.69) is 26.0 Å². The van der Waals surface area contributed by atoms with Gasteiger partial charge in [0.25, 0.3) is 5.69 Å². The molecule has 1 aromatic carbocycles. The third-order valence-corrected chi connectivity index (χ3v) is 4.12. The maximum Gasteiger partial charge on any atom is 0.269 e. The summed E-state index contributed by atoms with van der Waals surface area (Å²) in [6, 6.07) is 6.45. The molecule has 0 saturated carbocycles. The summed E-state index contributed by atoms with van der Waals surface area (Å²) in [4.78, 5) is 15.0. The van der Waals surface area contributed by atoms with Crippen molar-refractivity contribution in [3.63, 3.8) is 0 Å². The van der Waals surface area contributed by atoms with Crippen molar-refractivity contribution < 1.29 is 4.92 Å². The molecule has 1 aliphatic rings. The first-order valence-electron chi connectivity index (χ1n) is 6.23. The van der Waals surface area contributed by atoms with Gasteiger partial charge >= 0.3 is 0 Å². The zero-order valence-electron chi connectivity index (χ0n) is 11.2. The molecule has 2 aromatic rings. The number of fused-ring (bicyclic) bond motifs is 1. The zero-order chi connectivity index (χ0) is 15.2. The van der Waals surface area contributed by atoms with Crippen molar-refractivity contribution in [3.8, 4) is 0 Å². The third kappa shape index (κ3) is 2.21. The zero-order valence-corrected chi connectivity index (χ0v) is 12.7. The van der Waals surface area contributed by atoms with Crippen LogP contribution >= 0.6 is 15.9 Å². The Hall–Kier alpha value is -2.22. The molecule has 1 atom stereocenters. The van der Waals surface area contributed by atoms with E-state index in [1.165, 1.54) is 12.1 Å². The van der Waals surface area contributed by atoms with Crippen LogP contribution in [-0.4, -0.2) is 20.5 Å². The number of nitrogens with two attached hydrogens (primary N) is 1. The van der Waals surface area contributed by atoms with Gasteiger partial charge < -0.3 is 5.73 Å². The molecule has 0 saturated heterocycles. The second-order valence-electron chi connectivity index (χ2n) is 5.08. The van der Waals surface area contributed by atoms with Crippen molar-refractivity contribution in [2.45, 2.75) is 19.0 Å². The number of benzene rings is 1. The molecule has 0 aliphatic carbocycles. The number of hydrogen-bond acceptors (Lipinski definition) is 5. The Morgan fingerprint density at radius 3 is 3.00 bits per heavy atom. The minimum Gasteiger partial charge on any atom is -0.382 e. The Balaban J connectivity index is 2.09. The largest absolute Gasteiger partial charge is 0.382 e. The van der Waals surface area contributed by atoms with Gasteiger partial charge in [-0.1, -0.05) is 12.1 Å². The van der Waals surface area contributed by atoms with Gasteiger partial charge in [-0.25, -0.2) is 0 Å². The molecule has 7 nitrogen and oxygen atoms in total. The summed E-state index contributed by atoms with van der Waals surface area (Å²) in [5.74, 6) is 0.361. The summed E-state index contributed by atoms with van der Waals surface area (Å²) >= 11 is 3.38. The number of nitro groups is 1. The second-order valence-corrected chi connectivity index (χ2v) is 5.93. The molecular weight excluding hydrogens is 338 g/mol. The molecule has 0 bridgehead atoms. The average molecular weight is 350 g/mol. The Morgan fingerprint density at radius 1 is 1.52 bits per heavy atom. The van der Waals surface area contributed by atoms with E-state index in [9.17, 15) is 10.1 Å². The highest BCUT2D eigenvalue weighted by Crippen LogP contribution is 2.34. The van der Waals surface area contributed by atoms with Gasteiger partial charge in [-0.05, 0) is 28.4 Å². The lowest BCUT2D eigenvalue weighted by Crippen LogP contribution is -2.37. The number of amidine groups is 1. The van der Waals surface area contributed by atoms with Gasteiger partial charge in [-0.15, -0.1) is 0 Å². The summed E-state index contributed by atoms with van der Waals surface area (Å²) in [6.07, 6.45) is 1.66. The molecule has 0 fully saturated rings. The predicted molar refractivity (Wildman–Crippen MR) is 81.1 cm³/mol. The minimum absolute atomic E-state index is 0.0370. The second kappa shape index (κ2) is 4.66. The molecule has 0 spiro atoms. The summed E-state index contributed by atoms with van der Waals surface area (Å²) in [6.45, 7) is 2.35. The highest BCUT2D eigenvalue weighted by Gasteiger charge is 2.34. The Kier molecular flexibility index (Phi) is 3.05. The molecule has 2 N–H and O–H groups in total. The standard InChI is InChI=1S/C13H12BrN5O2/c1-13(8-3-2-4-9(5-8)19(20)21)7-18-11(12(15)17-13)10(14)6-16-18/h2-6H,7H2,1H3,(H2,15,17). The van der Waals surface area contributed by atoms with Crippen LogP contribution in [0.5, 0.6) is 0 Å². The number of non-ortho nitro benzene ring substituents is 1. The van der Waals surface area contributed by atoms with Crippen molar-refractivity contribution >= 4 is 27.5 Å². The Labute approximate surface area is 128 Å².